The van der Waals surface area contributed by atoms with E-state index in [-0.39, 0.29) is 15.5 Å². The number of hydrogen-bond acceptors (Lipinski definition) is 7. The van der Waals surface area contributed by atoms with Gasteiger partial charge in [0.05, 0.1) is 22.6 Å². The summed E-state index contributed by atoms with van der Waals surface area (Å²) in [6.45, 7) is 1.27. The molecule has 39 heavy (non-hydrogen) atoms. The van der Waals surface area contributed by atoms with Crippen LogP contribution in [0.3, 0.4) is 0 Å². The topological polar surface area (TPSA) is 115 Å². The lowest BCUT2D eigenvalue weighted by Crippen LogP contribution is -2.37. The van der Waals surface area contributed by atoms with Crippen molar-refractivity contribution in [1.82, 2.24) is 4.98 Å². The molecule has 0 spiro atoms. The fourth-order valence-electron chi connectivity index (χ4n) is 3.44. The molecular weight excluding hydrogens is 572 g/mol. The largest absolute Gasteiger partial charge is 0.489 e. The lowest BCUT2D eigenvalue weighted by molar-refractivity contribution is -0.139. The van der Waals surface area contributed by atoms with Gasteiger partial charge in [0.1, 0.15) is 17.4 Å². The number of alkyl halides is 3. The quantitative estimate of drug-likeness (QED) is 0.171. The Bertz CT molecular complexity index is 1480. The Labute approximate surface area is 231 Å². The summed E-state index contributed by atoms with van der Waals surface area (Å²) in [5, 5.41) is 0.255. The maximum Gasteiger partial charge on any atom is 0.469 e. The number of aromatic nitrogens is 1. The number of hydrogen-bond donors (Lipinski definition) is 3. The lowest BCUT2D eigenvalue weighted by Gasteiger charge is -2.21. The minimum Gasteiger partial charge on any atom is -0.489 e. The van der Waals surface area contributed by atoms with Crippen LogP contribution in [0.5, 0.6) is 5.75 Å². The molecule has 1 heterocycles. The van der Waals surface area contributed by atoms with Gasteiger partial charge in [-0.1, -0.05) is 54.2 Å². The molecule has 0 aliphatic heterocycles. The summed E-state index contributed by atoms with van der Waals surface area (Å²) >= 11 is 2.00. The van der Waals surface area contributed by atoms with Crippen molar-refractivity contribution in [2.75, 3.05) is 6.61 Å². The Morgan fingerprint density at radius 2 is 1.79 bits per heavy atom. The number of rotatable bonds is 10. The summed E-state index contributed by atoms with van der Waals surface area (Å²) in [7, 11) is -4.75. The van der Waals surface area contributed by atoms with Crippen LogP contribution < -0.4 is 10.5 Å². The fraction of sp³-hybridized carbons (Fsp3) is 0.192. The lowest BCUT2D eigenvalue weighted by atomic mass is 10.1. The summed E-state index contributed by atoms with van der Waals surface area (Å²) in [5.74, 6) is 0.541. The highest BCUT2D eigenvalue weighted by Gasteiger charge is 2.35. The van der Waals surface area contributed by atoms with Gasteiger partial charge < -0.3 is 20.3 Å². The molecule has 0 bridgehead atoms. The molecule has 0 saturated carbocycles. The van der Waals surface area contributed by atoms with Crippen LogP contribution >= 0.6 is 30.9 Å². The van der Waals surface area contributed by atoms with Crippen molar-refractivity contribution >= 4 is 30.9 Å². The molecule has 0 unspecified atom stereocenters. The molecule has 0 saturated heterocycles. The Morgan fingerprint density at radius 1 is 1.05 bits per heavy atom. The van der Waals surface area contributed by atoms with Crippen molar-refractivity contribution in [1.29, 1.82) is 0 Å². The van der Waals surface area contributed by atoms with Gasteiger partial charge in [0.2, 0.25) is 0 Å². The molecule has 13 heteroatoms. The van der Waals surface area contributed by atoms with Crippen LogP contribution in [0.4, 0.5) is 13.2 Å². The average Bonchev–Trinajstić information content (AvgIpc) is 3.38. The van der Waals surface area contributed by atoms with E-state index in [1.165, 1.54) is 19.2 Å². The molecule has 0 aliphatic carbocycles. The predicted molar refractivity (Wildman–Crippen MR) is 143 cm³/mol. The zero-order valence-electron chi connectivity index (χ0n) is 20.5. The van der Waals surface area contributed by atoms with E-state index in [2.05, 4.69) is 9.51 Å². The van der Waals surface area contributed by atoms with Crippen molar-refractivity contribution in [2.24, 2.45) is 5.73 Å². The van der Waals surface area contributed by atoms with Crippen LogP contribution in [-0.2, 0) is 27.4 Å². The zero-order chi connectivity index (χ0) is 28.3. The van der Waals surface area contributed by atoms with Gasteiger partial charge in [-0.2, -0.15) is 13.2 Å². The smallest absolute Gasteiger partial charge is 0.469 e. The van der Waals surface area contributed by atoms with Crippen molar-refractivity contribution in [3.8, 4) is 16.2 Å². The van der Waals surface area contributed by atoms with Gasteiger partial charge in [-0.05, 0) is 48.4 Å². The van der Waals surface area contributed by atoms with Crippen LogP contribution in [-0.4, -0.2) is 21.4 Å². The first-order valence-corrected chi connectivity index (χ1v) is 14.6. The van der Waals surface area contributed by atoms with Crippen molar-refractivity contribution in [2.45, 2.75) is 35.0 Å². The van der Waals surface area contributed by atoms with Crippen molar-refractivity contribution in [3.05, 3.63) is 95.1 Å². The zero-order valence-corrected chi connectivity index (χ0v) is 23.0. The highest BCUT2D eigenvalue weighted by atomic mass is 32.2. The second-order valence-electron chi connectivity index (χ2n) is 8.77. The van der Waals surface area contributed by atoms with E-state index in [9.17, 15) is 17.7 Å². The van der Waals surface area contributed by atoms with E-state index in [1.54, 1.807) is 30.3 Å². The molecule has 0 fully saturated rings. The third-order valence-corrected chi connectivity index (χ3v) is 8.24. The van der Waals surface area contributed by atoms with Gasteiger partial charge in [0.15, 0.2) is 0 Å². The van der Waals surface area contributed by atoms with E-state index in [4.69, 9.17) is 20.3 Å². The normalized spacial score (nSPS) is 13.7. The third-order valence-electron chi connectivity index (χ3n) is 5.38. The fourth-order valence-corrected chi connectivity index (χ4v) is 5.83. The van der Waals surface area contributed by atoms with Crippen LogP contribution in [0.15, 0.2) is 88.8 Å². The minimum absolute atomic E-state index is 0.0231. The van der Waals surface area contributed by atoms with Crippen LogP contribution in [0.25, 0.3) is 10.4 Å². The van der Waals surface area contributed by atoms with Gasteiger partial charge in [0, 0.05) is 16.0 Å². The number of phosphoric acid groups is 1. The molecule has 4 aromatic rings. The molecule has 3 aromatic carbocycles. The van der Waals surface area contributed by atoms with Gasteiger partial charge in [-0.25, -0.2) is 9.55 Å². The van der Waals surface area contributed by atoms with Crippen molar-refractivity contribution in [3.63, 3.8) is 0 Å². The van der Waals surface area contributed by atoms with Crippen LogP contribution in [0.1, 0.15) is 23.1 Å². The Morgan fingerprint density at radius 3 is 2.49 bits per heavy atom. The Hall–Kier alpha value is -2.70. The molecule has 7 nitrogen and oxygen atoms in total. The van der Waals surface area contributed by atoms with Crippen LogP contribution in [0.2, 0.25) is 0 Å². The van der Waals surface area contributed by atoms with Gasteiger partial charge in [0.25, 0.3) is 0 Å². The molecule has 0 amide bonds. The number of nitrogens with two attached hydrogens (primary N) is 1. The van der Waals surface area contributed by atoms with E-state index in [1.807, 2.05) is 30.3 Å². The molecule has 4 N–H and O–H groups in total. The summed E-state index contributed by atoms with van der Waals surface area (Å²) < 4.78 is 63.6. The number of phosphoric ester groups is 1. The monoisotopic (exact) mass is 596 g/mol. The molecule has 4 rings (SSSR count). The van der Waals surface area contributed by atoms with Crippen molar-refractivity contribution < 1.29 is 36.8 Å². The molecule has 0 aliphatic rings. The van der Waals surface area contributed by atoms with Gasteiger partial charge in [-0.15, -0.1) is 11.3 Å². The summed E-state index contributed by atoms with van der Waals surface area (Å²) in [6.07, 6.45) is -3.24. The second kappa shape index (κ2) is 11.8. The van der Waals surface area contributed by atoms with Gasteiger partial charge in [-0.3, -0.25) is 4.52 Å². The second-order valence-corrected chi connectivity index (χ2v) is 12.2. The Kier molecular flexibility index (Phi) is 8.87. The molecule has 1 aromatic heterocycles. The number of nitrogens with zero attached hydrogens (tertiary/aromatic N) is 1. The molecule has 206 valence electrons. The van der Waals surface area contributed by atoms with E-state index in [0.29, 0.717) is 22.1 Å². The first-order chi connectivity index (χ1) is 18.3. The summed E-state index contributed by atoms with van der Waals surface area (Å²) in [4.78, 5) is 23.1. The molecule has 1 atom stereocenters. The third kappa shape index (κ3) is 8.15. The minimum atomic E-state index is -4.75. The van der Waals surface area contributed by atoms with Crippen LogP contribution in [0, 0.1) is 0 Å². The first-order valence-electron chi connectivity index (χ1n) is 11.4. The Balaban J connectivity index is 1.55. The summed E-state index contributed by atoms with van der Waals surface area (Å²) in [6, 6.07) is 20.4. The first kappa shape index (κ1) is 29.3. The van der Waals surface area contributed by atoms with E-state index < -0.39 is 31.7 Å². The highest BCUT2D eigenvalue weighted by Crippen LogP contribution is 2.43. The van der Waals surface area contributed by atoms with Gasteiger partial charge >= 0.3 is 14.0 Å². The molecule has 0 radical (unpaired) electrons. The highest BCUT2D eigenvalue weighted by molar-refractivity contribution is 7.99. The number of halogens is 3. The predicted octanol–water partition coefficient (Wildman–Crippen LogP) is 6.84. The molecular formula is C26H24F3N2O5PS2. The number of ether oxygens (including phenoxy) is 1. The maximum absolute atomic E-state index is 14.1. The summed E-state index contributed by atoms with van der Waals surface area (Å²) in [5.41, 5.74) is 5.18. The average molecular weight is 597 g/mol. The number of benzene rings is 3. The van der Waals surface area contributed by atoms with E-state index >= 15 is 0 Å². The maximum atomic E-state index is 14.1. The van der Waals surface area contributed by atoms with E-state index in [0.717, 1.165) is 34.7 Å². The standard InChI is InChI=1S/C26H24F3N2O5PS2/c1-25(30,16-36-37(32,33)34)24-31-14-23(39-24)18-10-11-22(21(12-18)26(27,28)29)38-20-9-5-8-19(13-20)35-15-17-6-3-2-4-7-17/h2-14H,15-16,30H2,1H3,(H2,32,33,34)/t25-/m0/s1. The SMILES string of the molecule is C[C@](N)(COP(=O)(O)O)c1ncc(-c2ccc(Sc3cccc(OCc4ccccc4)c3)c(C(F)(F)F)c2)s1. The number of thiazole rings is 1.